The highest BCUT2D eigenvalue weighted by atomic mass is 79.9. The van der Waals surface area contributed by atoms with Gasteiger partial charge in [0.05, 0.1) is 6.10 Å². The minimum atomic E-state index is -0.225. The summed E-state index contributed by atoms with van der Waals surface area (Å²) in [5.41, 5.74) is 0.742. The third-order valence-electron chi connectivity index (χ3n) is 4.03. The summed E-state index contributed by atoms with van der Waals surface area (Å²) in [7, 11) is 0. The second-order valence-electron chi connectivity index (χ2n) is 5.23. The molecule has 1 amide bonds. The van der Waals surface area contributed by atoms with Gasteiger partial charge in [0, 0.05) is 22.1 Å². The first-order chi connectivity index (χ1) is 8.65. The molecule has 1 N–H and O–H groups in total. The number of aliphatic hydroxyl groups excluding tert-OH is 1. The van der Waals surface area contributed by atoms with Crippen molar-refractivity contribution >= 4 is 21.8 Å². The molecule has 0 aromatic heterocycles. The number of carbonyl (C=O) groups excluding carboxylic acids is 1. The molecule has 2 heterocycles. The van der Waals surface area contributed by atoms with Gasteiger partial charge in [-0.1, -0.05) is 15.9 Å². The van der Waals surface area contributed by atoms with Crippen LogP contribution < -0.4 is 0 Å². The lowest BCUT2D eigenvalue weighted by Crippen LogP contribution is -2.47. The van der Waals surface area contributed by atoms with Crippen molar-refractivity contribution in [2.45, 2.75) is 43.9 Å². The van der Waals surface area contributed by atoms with Gasteiger partial charge in [-0.15, -0.1) is 0 Å². The SMILES string of the molecule is O=C(c1ccc(Br)cc1)N1C2CCC1CC(O)C2. The molecule has 18 heavy (non-hydrogen) atoms. The minimum Gasteiger partial charge on any atom is -0.393 e. The van der Waals surface area contributed by atoms with E-state index in [2.05, 4.69) is 15.9 Å². The number of hydrogen-bond donors (Lipinski definition) is 1. The van der Waals surface area contributed by atoms with E-state index in [0.29, 0.717) is 0 Å². The van der Waals surface area contributed by atoms with Gasteiger partial charge in [-0.3, -0.25) is 4.79 Å². The van der Waals surface area contributed by atoms with Gasteiger partial charge >= 0.3 is 0 Å². The maximum atomic E-state index is 12.5. The average Bonchev–Trinajstić information content (AvgIpc) is 2.62. The molecular weight excluding hydrogens is 294 g/mol. The van der Waals surface area contributed by atoms with Crippen LogP contribution in [-0.4, -0.2) is 34.1 Å². The Morgan fingerprint density at radius 2 is 1.72 bits per heavy atom. The molecule has 0 spiro atoms. The number of rotatable bonds is 1. The molecule has 2 atom stereocenters. The molecule has 1 aromatic rings. The lowest BCUT2D eigenvalue weighted by Gasteiger charge is -2.37. The number of hydrogen-bond acceptors (Lipinski definition) is 2. The van der Waals surface area contributed by atoms with Crippen LogP contribution >= 0.6 is 15.9 Å². The van der Waals surface area contributed by atoms with Crippen molar-refractivity contribution in [2.75, 3.05) is 0 Å². The molecule has 1 aromatic carbocycles. The molecule has 2 fully saturated rings. The molecule has 3 nitrogen and oxygen atoms in total. The summed E-state index contributed by atoms with van der Waals surface area (Å²) in [5, 5.41) is 9.75. The summed E-state index contributed by atoms with van der Waals surface area (Å²) in [6.45, 7) is 0. The van der Waals surface area contributed by atoms with Crippen LogP contribution in [0.4, 0.5) is 0 Å². The van der Waals surface area contributed by atoms with Crippen molar-refractivity contribution in [3.8, 4) is 0 Å². The topological polar surface area (TPSA) is 40.5 Å². The fourth-order valence-electron chi connectivity index (χ4n) is 3.22. The molecule has 0 aliphatic carbocycles. The number of fused-ring (bicyclic) bond motifs is 2. The minimum absolute atomic E-state index is 0.113. The van der Waals surface area contributed by atoms with E-state index in [0.717, 1.165) is 35.7 Å². The Labute approximate surface area is 115 Å². The van der Waals surface area contributed by atoms with Crippen molar-refractivity contribution in [1.82, 2.24) is 4.90 Å². The third-order valence-corrected chi connectivity index (χ3v) is 4.56. The van der Waals surface area contributed by atoms with Crippen molar-refractivity contribution in [3.63, 3.8) is 0 Å². The lowest BCUT2D eigenvalue weighted by atomic mass is 9.99. The summed E-state index contributed by atoms with van der Waals surface area (Å²) >= 11 is 3.38. The van der Waals surface area contributed by atoms with E-state index < -0.39 is 0 Å². The normalized spacial score (nSPS) is 30.6. The van der Waals surface area contributed by atoms with Crippen LogP contribution in [0.25, 0.3) is 0 Å². The Balaban J connectivity index is 1.83. The molecule has 2 unspecified atom stereocenters. The fourth-order valence-corrected chi connectivity index (χ4v) is 3.49. The standard InChI is InChI=1S/C14H16BrNO2/c15-10-3-1-9(2-4-10)14(18)16-11-5-6-12(16)8-13(17)7-11/h1-4,11-13,17H,5-8H2. The van der Waals surface area contributed by atoms with E-state index in [4.69, 9.17) is 0 Å². The number of halogens is 1. The van der Waals surface area contributed by atoms with Crippen molar-refractivity contribution < 1.29 is 9.90 Å². The van der Waals surface area contributed by atoms with E-state index in [1.165, 1.54) is 0 Å². The summed E-state index contributed by atoms with van der Waals surface area (Å²) in [5.74, 6) is 0.113. The number of piperidine rings is 1. The van der Waals surface area contributed by atoms with Gasteiger partial charge in [0.25, 0.3) is 5.91 Å². The molecule has 4 heteroatoms. The Morgan fingerprint density at radius 3 is 2.28 bits per heavy atom. The molecule has 2 aliphatic heterocycles. The number of benzene rings is 1. The van der Waals surface area contributed by atoms with E-state index >= 15 is 0 Å². The first-order valence-electron chi connectivity index (χ1n) is 6.41. The molecule has 2 saturated heterocycles. The summed E-state index contributed by atoms with van der Waals surface area (Å²) in [6.07, 6.45) is 3.31. The average molecular weight is 310 g/mol. The van der Waals surface area contributed by atoms with Crippen LogP contribution in [0, 0.1) is 0 Å². The van der Waals surface area contributed by atoms with Crippen LogP contribution in [0.1, 0.15) is 36.0 Å². The lowest BCUT2D eigenvalue weighted by molar-refractivity contribution is 0.0287. The molecule has 3 rings (SSSR count). The van der Waals surface area contributed by atoms with Crippen LogP contribution in [0.5, 0.6) is 0 Å². The van der Waals surface area contributed by atoms with Gasteiger partial charge in [0.15, 0.2) is 0 Å². The third kappa shape index (κ3) is 2.08. The predicted molar refractivity (Wildman–Crippen MR) is 72.4 cm³/mol. The largest absolute Gasteiger partial charge is 0.393 e. The summed E-state index contributed by atoms with van der Waals surface area (Å²) in [4.78, 5) is 14.5. The number of aliphatic hydroxyl groups is 1. The highest BCUT2D eigenvalue weighted by molar-refractivity contribution is 9.10. The fraction of sp³-hybridized carbons (Fsp3) is 0.500. The van der Waals surface area contributed by atoms with Gasteiger partial charge in [-0.25, -0.2) is 0 Å². The Kier molecular flexibility index (Phi) is 3.16. The Bertz CT molecular complexity index is 445. The zero-order valence-electron chi connectivity index (χ0n) is 10.1. The van der Waals surface area contributed by atoms with Gasteiger partial charge in [0.2, 0.25) is 0 Å². The summed E-state index contributed by atoms with van der Waals surface area (Å²) in [6, 6.07) is 7.97. The maximum absolute atomic E-state index is 12.5. The van der Waals surface area contributed by atoms with Crippen LogP contribution in [-0.2, 0) is 0 Å². The smallest absolute Gasteiger partial charge is 0.254 e. The van der Waals surface area contributed by atoms with E-state index in [1.54, 1.807) is 0 Å². The molecular formula is C14H16BrNO2. The molecule has 2 aliphatic rings. The number of carbonyl (C=O) groups is 1. The number of nitrogens with zero attached hydrogens (tertiary/aromatic N) is 1. The van der Waals surface area contributed by atoms with E-state index in [1.807, 2.05) is 29.2 Å². The molecule has 0 radical (unpaired) electrons. The van der Waals surface area contributed by atoms with Crippen LogP contribution in [0.3, 0.4) is 0 Å². The second-order valence-corrected chi connectivity index (χ2v) is 6.15. The van der Waals surface area contributed by atoms with E-state index in [-0.39, 0.29) is 24.1 Å². The predicted octanol–water partition coefficient (Wildman–Crippen LogP) is 2.58. The number of amides is 1. The van der Waals surface area contributed by atoms with Crippen LogP contribution in [0.15, 0.2) is 28.7 Å². The molecule has 0 saturated carbocycles. The highest BCUT2D eigenvalue weighted by Crippen LogP contribution is 2.36. The first kappa shape index (κ1) is 12.2. The summed E-state index contributed by atoms with van der Waals surface area (Å²) < 4.78 is 0.982. The van der Waals surface area contributed by atoms with Gasteiger partial charge < -0.3 is 10.0 Å². The van der Waals surface area contributed by atoms with E-state index in [9.17, 15) is 9.90 Å². The van der Waals surface area contributed by atoms with Gasteiger partial charge in [-0.05, 0) is 49.9 Å². The molecule has 96 valence electrons. The van der Waals surface area contributed by atoms with Gasteiger partial charge in [0.1, 0.15) is 0 Å². The Morgan fingerprint density at radius 1 is 1.17 bits per heavy atom. The quantitative estimate of drug-likeness (QED) is 0.866. The van der Waals surface area contributed by atoms with Crippen molar-refractivity contribution in [1.29, 1.82) is 0 Å². The highest BCUT2D eigenvalue weighted by Gasteiger charge is 2.42. The first-order valence-corrected chi connectivity index (χ1v) is 7.21. The zero-order chi connectivity index (χ0) is 12.7. The zero-order valence-corrected chi connectivity index (χ0v) is 11.6. The maximum Gasteiger partial charge on any atom is 0.254 e. The Hall–Kier alpha value is -0.870. The van der Waals surface area contributed by atoms with Crippen molar-refractivity contribution in [3.05, 3.63) is 34.3 Å². The second kappa shape index (κ2) is 4.67. The van der Waals surface area contributed by atoms with Crippen LogP contribution in [0.2, 0.25) is 0 Å². The van der Waals surface area contributed by atoms with Crippen molar-refractivity contribution in [2.24, 2.45) is 0 Å². The van der Waals surface area contributed by atoms with Gasteiger partial charge in [-0.2, -0.15) is 0 Å². The molecule has 2 bridgehead atoms. The monoisotopic (exact) mass is 309 g/mol.